The number of rotatable bonds is 5. The maximum Gasteiger partial charge on any atom is 0.416 e. The number of halogens is 6. The van der Waals surface area contributed by atoms with Gasteiger partial charge < -0.3 is 0 Å². The first-order valence-corrected chi connectivity index (χ1v) is 7.84. The molecule has 2 nitrogen and oxygen atoms in total. The van der Waals surface area contributed by atoms with Crippen LogP contribution in [0.2, 0.25) is 0 Å². The van der Waals surface area contributed by atoms with Gasteiger partial charge in [-0.1, -0.05) is 24.3 Å². The minimum atomic E-state index is -4.44. The molecule has 0 spiro atoms. The predicted molar refractivity (Wildman–Crippen MR) is 86.0 cm³/mol. The predicted octanol–water partition coefficient (Wildman–Crippen LogP) is 5.64. The van der Waals surface area contributed by atoms with Gasteiger partial charge >= 0.3 is 12.4 Å². The lowest BCUT2D eigenvalue weighted by atomic mass is 10.0. The molecule has 2 N–H and O–H groups in total. The van der Waals surface area contributed by atoms with Gasteiger partial charge in [0.2, 0.25) is 0 Å². The zero-order valence-electron chi connectivity index (χ0n) is 14.0. The Hall–Kier alpha value is -2.06. The fourth-order valence-electron chi connectivity index (χ4n) is 2.39. The third kappa shape index (κ3) is 5.22. The van der Waals surface area contributed by atoms with Gasteiger partial charge in [-0.05, 0) is 49.2 Å². The van der Waals surface area contributed by atoms with Crippen molar-refractivity contribution in [2.75, 3.05) is 0 Å². The highest BCUT2D eigenvalue weighted by Gasteiger charge is 2.31. The monoisotopic (exact) mass is 376 g/mol. The maximum atomic E-state index is 12.8. The summed E-state index contributed by atoms with van der Waals surface area (Å²) in [7, 11) is 0. The fourth-order valence-corrected chi connectivity index (χ4v) is 2.39. The molecule has 0 aliphatic heterocycles. The lowest BCUT2D eigenvalue weighted by Crippen LogP contribution is -2.36. The van der Waals surface area contributed by atoms with E-state index >= 15 is 0 Å². The Morgan fingerprint density at radius 1 is 0.654 bits per heavy atom. The smallest absolute Gasteiger partial charge is 0.250 e. The largest absolute Gasteiger partial charge is 0.416 e. The Bertz CT molecular complexity index is 675. The summed E-state index contributed by atoms with van der Waals surface area (Å²) < 4.78 is 76.6. The van der Waals surface area contributed by atoms with E-state index in [4.69, 9.17) is 0 Å². The summed E-state index contributed by atoms with van der Waals surface area (Å²) in [5, 5.41) is 0. The van der Waals surface area contributed by atoms with E-state index in [2.05, 4.69) is 10.9 Å². The summed E-state index contributed by atoms with van der Waals surface area (Å²) in [6, 6.07) is 8.79. The second kappa shape index (κ2) is 7.67. The first kappa shape index (κ1) is 20.3. The third-order valence-corrected chi connectivity index (χ3v) is 3.94. The molecule has 26 heavy (non-hydrogen) atoms. The molecule has 0 aliphatic carbocycles. The normalized spacial score (nSPS) is 14.9. The molecule has 0 saturated heterocycles. The SMILES string of the molecule is CC(NNC(C)c1cccc(C(F)(F)F)c1)c1cccc(C(F)(F)F)c1. The molecule has 0 radical (unpaired) electrons. The van der Waals surface area contributed by atoms with Gasteiger partial charge in [0, 0.05) is 12.1 Å². The number of hydrogen-bond acceptors (Lipinski definition) is 2. The summed E-state index contributed by atoms with van der Waals surface area (Å²) in [5.41, 5.74) is 4.97. The van der Waals surface area contributed by atoms with Crippen molar-refractivity contribution in [3.8, 4) is 0 Å². The summed E-state index contributed by atoms with van der Waals surface area (Å²) in [5.74, 6) is 0. The van der Waals surface area contributed by atoms with E-state index in [9.17, 15) is 26.3 Å². The van der Waals surface area contributed by atoms with E-state index in [1.54, 1.807) is 26.0 Å². The Morgan fingerprint density at radius 2 is 1.00 bits per heavy atom. The van der Waals surface area contributed by atoms with Crippen LogP contribution in [0.5, 0.6) is 0 Å². The Morgan fingerprint density at radius 3 is 1.31 bits per heavy atom. The third-order valence-electron chi connectivity index (χ3n) is 3.94. The number of hydrazine groups is 1. The molecule has 0 bridgehead atoms. The molecule has 0 fully saturated rings. The zero-order chi connectivity index (χ0) is 19.5. The van der Waals surface area contributed by atoms with Crippen molar-refractivity contribution in [1.82, 2.24) is 10.9 Å². The van der Waals surface area contributed by atoms with Crippen molar-refractivity contribution in [2.45, 2.75) is 38.3 Å². The van der Waals surface area contributed by atoms with Crippen molar-refractivity contribution in [3.63, 3.8) is 0 Å². The van der Waals surface area contributed by atoms with Crippen LogP contribution in [0.4, 0.5) is 26.3 Å². The van der Waals surface area contributed by atoms with Crippen LogP contribution in [0.25, 0.3) is 0 Å². The van der Waals surface area contributed by atoms with Crippen LogP contribution in [0.3, 0.4) is 0 Å². The van der Waals surface area contributed by atoms with E-state index in [0.29, 0.717) is 11.1 Å². The number of benzene rings is 2. The van der Waals surface area contributed by atoms with Crippen LogP contribution >= 0.6 is 0 Å². The molecule has 2 atom stereocenters. The summed E-state index contributed by atoms with van der Waals surface area (Å²) in [6.45, 7) is 3.31. The van der Waals surface area contributed by atoms with Crippen molar-refractivity contribution < 1.29 is 26.3 Å². The number of nitrogens with one attached hydrogen (secondary N) is 2. The average molecular weight is 376 g/mol. The Labute approximate surface area is 147 Å². The minimum Gasteiger partial charge on any atom is -0.250 e. The second-order valence-electron chi connectivity index (χ2n) is 5.98. The quantitative estimate of drug-likeness (QED) is 0.521. The van der Waals surface area contributed by atoms with Crippen LogP contribution in [-0.2, 0) is 12.4 Å². The topological polar surface area (TPSA) is 24.1 Å². The van der Waals surface area contributed by atoms with Crippen LogP contribution in [0.1, 0.15) is 48.2 Å². The van der Waals surface area contributed by atoms with Gasteiger partial charge in [-0.2, -0.15) is 26.3 Å². The van der Waals surface area contributed by atoms with Crippen molar-refractivity contribution in [2.24, 2.45) is 0 Å². The van der Waals surface area contributed by atoms with E-state index in [-0.39, 0.29) is 0 Å². The summed E-state index contributed by atoms with van der Waals surface area (Å²) >= 11 is 0. The van der Waals surface area contributed by atoms with Gasteiger partial charge in [0.05, 0.1) is 11.1 Å². The van der Waals surface area contributed by atoms with Crippen molar-refractivity contribution in [3.05, 3.63) is 70.8 Å². The van der Waals surface area contributed by atoms with Crippen LogP contribution in [-0.4, -0.2) is 0 Å². The molecule has 2 aromatic carbocycles. The summed E-state index contributed by atoms with van der Waals surface area (Å²) in [4.78, 5) is 0. The second-order valence-corrected chi connectivity index (χ2v) is 5.98. The van der Waals surface area contributed by atoms with E-state index in [1.165, 1.54) is 12.1 Å². The van der Waals surface area contributed by atoms with E-state index in [0.717, 1.165) is 24.3 Å². The Balaban J connectivity index is 2.04. The molecule has 0 amide bonds. The Kier molecular flexibility index (Phi) is 5.98. The van der Waals surface area contributed by atoms with E-state index < -0.39 is 35.6 Å². The van der Waals surface area contributed by atoms with Gasteiger partial charge in [-0.15, -0.1) is 0 Å². The van der Waals surface area contributed by atoms with E-state index in [1.807, 2.05) is 0 Å². The van der Waals surface area contributed by atoms with Gasteiger partial charge in [0.1, 0.15) is 0 Å². The lowest BCUT2D eigenvalue weighted by molar-refractivity contribution is -0.138. The van der Waals surface area contributed by atoms with Gasteiger partial charge in [-0.3, -0.25) is 10.9 Å². The van der Waals surface area contributed by atoms with Gasteiger partial charge in [-0.25, -0.2) is 0 Å². The average Bonchev–Trinajstić information content (AvgIpc) is 2.58. The highest BCUT2D eigenvalue weighted by molar-refractivity contribution is 5.29. The molecule has 2 unspecified atom stereocenters. The van der Waals surface area contributed by atoms with Crippen LogP contribution in [0, 0.1) is 0 Å². The number of hydrogen-bond donors (Lipinski definition) is 2. The minimum absolute atomic E-state index is 0.406. The highest BCUT2D eigenvalue weighted by Crippen LogP contribution is 2.32. The fraction of sp³-hybridized carbons (Fsp3) is 0.333. The van der Waals surface area contributed by atoms with Crippen LogP contribution < -0.4 is 10.9 Å². The van der Waals surface area contributed by atoms with Crippen molar-refractivity contribution in [1.29, 1.82) is 0 Å². The summed E-state index contributed by atoms with van der Waals surface area (Å²) in [6.07, 6.45) is -8.87. The molecule has 142 valence electrons. The first-order valence-electron chi connectivity index (χ1n) is 7.84. The van der Waals surface area contributed by atoms with Gasteiger partial charge in [0.25, 0.3) is 0 Å². The molecule has 2 rings (SSSR count). The van der Waals surface area contributed by atoms with Crippen molar-refractivity contribution >= 4 is 0 Å². The first-order chi connectivity index (χ1) is 12.0. The molecular formula is C18H18F6N2. The van der Waals surface area contributed by atoms with Crippen LogP contribution in [0.15, 0.2) is 48.5 Å². The standard InChI is InChI=1S/C18H18F6N2/c1-11(13-5-3-7-15(9-13)17(19,20)21)25-26-12(2)14-6-4-8-16(10-14)18(22,23)24/h3-12,25-26H,1-2H3. The number of alkyl halides is 6. The molecule has 0 saturated carbocycles. The molecule has 0 aromatic heterocycles. The molecule has 0 aliphatic rings. The molecule has 0 heterocycles. The van der Waals surface area contributed by atoms with Gasteiger partial charge in [0.15, 0.2) is 0 Å². The molecule has 2 aromatic rings. The maximum absolute atomic E-state index is 12.8. The highest BCUT2D eigenvalue weighted by atomic mass is 19.4. The zero-order valence-corrected chi connectivity index (χ0v) is 14.0. The molecule has 8 heteroatoms. The lowest BCUT2D eigenvalue weighted by Gasteiger charge is -2.21. The molecular weight excluding hydrogens is 358 g/mol.